The number of alkyl halides is 3. The Kier molecular flexibility index (Phi) is 3.00. The first-order valence-corrected chi connectivity index (χ1v) is 3.73. The molecule has 7 heteroatoms. The van der Waals surface area contributed by atoms with E-state index in [0.29, 0.717) is 0 Å². The van der Waals surface area contributed by atoms with Gasteiger partial charge < -0.3 is 4.74 Å². The summed E-state index contributed by atoms with van der Waals surface area (Å²) in [6.07, 6.45) is -4.89. The first-order chi connectivity index (χ1) is 6.04. The molecule has 1 aliphatic rings. The van der Waals surface area contributed by atoms with E-state index in [4.69, 9.17) is 10.3 Å². The lowest BCUT2D eigenvalue weighted by atomic mass is 10.1. The smallest absolute Gasteiger partial charge is 0.377 e. The average Bonchev–Trinajstić information content (AvgIpc) is 2.47. The quantitative estimate of drug-likeness (QED) is 0.378. The highest BCUT2D eigenvalue weighted by Gasteiger charge is 2.44. The van der Waals surface area contributed by atoms with E-state index in [1.54, 1.807) is 0 Å². The molecule has 0 aromatic rings. The second-order valence-corrected chi connectivity index (χ2v) is 2.84. The molecule has 0 amide bonds. The Hall–Kier alpha value is -0.940. The summed E-state index contributed by atoms with van der Waals surface area (Å²) < 4.78 is 41.0. The molecule has 0 spiro atoms. The van der Waals surface area contributed by atoms with Gasteiger partial charge in [-0.3, -0.25) is 0 Å². The number of ether oxygens (including phenoxy) is 1. The summed E-state index contributed by atoms with van der Waals surface area (Å²) in [7, 11) is 0. The summed E-state index contributed by atoms with van der Waals surface area (Å²) in [5.74, 6) is -1.41. The van der Waals surface area contributed by atoms with Crippen molar-refractivity contribution in [2.45, 2.75) is 18.7 Å². The third-order valence-electron chi connectivity index (χ3n) is 1.89. The van der Waals surface area contributed by atoms with Crippen molar-refractivity contribution in [1.29, 1.82) is 0 Å². The first kappa shape index (κ1) is 10.1. The van der Waals surface area contributed by atoms with E-state index in [0.717, 1.165) is 0 Å². The number of hydrogen-bond donors (Lipinski definition) is 0. The Bertz CT molecular complexity index is 224. The summed E-state index contributed by atoms with van der Waals surface area (Å²) >= 11 is 0. The highest BCUT2D eigenvalue weighted by atomic mass is 19.4. The zero-order valence-corrected chi connectivity index (χ0v) is 6.66. The fraction of sp³-hybridized carbons (Fsp3) is 1.00. The van der Waals surface area contributed by atoms with E-state index < -0.39 is 18.2 Å². The van der Waals surface area contributed by atoms with E-state index in [9.17, 15) is 13.2 Å². The largest absolute Gasteiger partial charge is 0.394 e. The maximum absolute atomic E-state index is 12.1. The molecule has 0 radical (unpaired) electrons. The van der Waals surface area contributed by atoms with Gasteiger partial charge in [-0.1, -0.05) is 5.11 Å². The zero-order chi connectivity index (χ0) is 9.90. The van der Waals surface area contributed by atoms with E-state index in [1.165, 1.54) is 0 Å². The molecule has 0 saturated carbocycles. The lowest BCUT2D eigenvalue weighted by Crippen LogP contribution is -2.23. The molecule has 0 aromatic heterocycles. The predicted molar refractivity (Wildman–Crippen MR) is 37.9 cm³/mol. The van der Waals surface area contributed by atoms with Gasteiger partial charge in [0.25, 0.3) is 0 Å². The average molecular weight is 195 g/mol. The molecule has 0 bridgehead atoms. The molecular formula is C6H8F3N3O. The van der Waals surface area contributed by atoms with Gasteiger partial charge in [-0.2, -0.15) is 13.2 Å². The Labute approximate surface area is 72.3 Å². The van der Waals surface area contributed by atoms with Gasteiger partial charge in [-0.15, -0.1) is 0 Å². The van der Waals surface area contributed by atoms with Gasteiger partial charge in [-0.25, -0.2) is 0 Å². The highest BCUT2D eigenvalue weighted by Crippen LogP contribution is 2.34. The van der Waals surface area contributed by atoms with Gasteiger partial charge in [0.15, 0.2) is 0 Å². The molecule has 1 fully saturated rings. The van der Waals surface area contributed by atoms with Crippen LogP contribution in [0.25, 0.3) is 10.4 Å². The molecule has 0 N–H and O–H groups in total. The second-order valence-electron chi connectivity index (χ2n) is 2.84. The maximum atomic E-state index is 12.1. The van der Waals surface area contributed by atoms with Crippen molar-refractivity contribution in [3.8, 4) is 0 Å². The number of azide groups is 1. The van der Waals surface area contributed by atoms with Crippen LogP contribution in [0.3, 0.4) is 0 Å². The normalized spacial score (nSPS) is 28.5. The molecule has 2 atom stereocenters. The topological polar surface area (TPSA) is 58.0 Å². The molecule has 1 rings (SSSR count). The van der Waals surface area contributed by atoms with Crippen LogP contribution in [0.15, 0.2) is 5.11 Å². The van der Waals surface area contributed by atoms with Crippen LogP contribution in [0.4, 0.5) is 13.2 Å². The third-order valence-corrected chi connectivity index (χ3v) is 1.89. The van der Waals surface area contributed by atoms with Crippen LogP contribution >= 0.6 is 0 Å². The molecule has 0 aromatic carbocycles. The minimum Gasteiger partial charge on any atom is -0.377 e. The van der Waals surface area contributed by atoms with Crippen molar-refractivity contribution in [3.05, 3.63) is 10.4 Å². The van der Waals surface area contributed by atoms with Crippen molar-refractivity contribution in [1.82, 2.24) is 0 Å². The lowest BCUT2D eigenvalue weighted by Gasteiger charge is -2.11. The minimum absolute atomic E-state index is 0.0247. The van der Waals surface area contributed by atoms with Crippen LogP contribution in [0.5, 0.6) is 0 Å². The van der Waals surface area contributed by atoms with Crippen LogP contribution in [0.1, 0.15) is 6.42 Å². The van der Waals surface area contributed by atoms with E-state index in [1.807, 2.05) is 0 Å². The molecule has 13 heavy (non-hydrogen) atoms. The summed E-state index contributed by atoms with van der Waals surface area (Å²) in [5, 5.41) is 3.16. The summed E-state index contributed by atoms with van der Waals surface area (Å²) in [6.45, 7) is -0.349. The van der Waals surface area contributed by atoms with Gasteiger partial charge in [0.05, 0.1) is 25.2 Å². The Balaban J connectivity index is 2.40. The number of halogens is 3. The second kappa shape index (κ2) is 3.85. The molecule has 1 heterocycles. The van der Waals surface area contributed by atoms with Gasteiger partial charge in [0.1, 0.15) is 0 Å². The summed E-state index contributed by atoms with van der Waals surface area (Å²) in [5.41, 5.74) is 7.93. The number of hydrogen-bond acceptors (Lipinski definition) is 2. The van der Waals surface area contributed by atoms with Crippen LogP contribution in [0, 0.1) is 5.92 Å². The SMILES string of the molecule is [N-]=[N+]=NCC1CC(C(F)(F)F)CO1. The Morgan fingerprint density at radius 1 is 1.54 bits per heavy atom. The standard InChI is InChI=1S/C6H8F3N3O/c7-6(8,9)4-1-5(13-3-4)2-11-12-10/h4-5H,1-3H2. The van der Waals surface area contributed by atoms with Crippen LogP contribution in [-0.4, -0.2) is 25.4 Å². The van der Waals surface area contributed by atoms with Crippen molar-refractivity contribution in [3.63, 3.8) is 0 Å². The first-order valence-electron chi connectivity index (χ1n) is 3.73. The van der Waals surface area contributed by atoms with Crippen LogP contribution < -0.4 is 0 Å². The van der Waals surface area contributed by atoms with Crippen molar-refractivity contribution in [2.75, 3.05) is 13.2 Å². The van der Waals surface area contributed by atoms with E-state index in [-0.39, 0.29) is 19.6 Å². The number of nitrogens with zero attached hydrogens (tertiary/aromatic N) is 3. The van der Waals surface area contributed by atoms with Crippen molar-refractivity contribution >= 4 is 0 Å². The molecule has 0 aliphatic carbocycles. The number of rotatable bonds is 2. The van der Waals surface area contributed by atoms with Crippen LogP contribution in [-0.2, 0) is 4.74 Å². The molecule has 4 nitrogen and oxygen atoms in total. The predicted octanol–water partition coefficient (Wildman–Crippen LogP) is 2.26. The molecule has 74 valence electrons. The van der Waals surface area contributed by atoms with E-state index in [2.05, 4.69) is 10.0 Å². The lowest BCUT2D eigenvalue weighted by molar-refractivity contribution is -0.173. The van der Waals surface area contributed by atoms with Gasteiger partial charge in [-0.05, 0) is 12.0 Å². The molecular weight excluding hydrogens is 187 g/mol. The molecule has 1 saturated heterocycles. The van der Waals surface area contributed by atoms with Gasteiger partial charge in [0, 0.05) is 4.91 Å². The fourth-order valence-electron chi connectivity index (χ4n) is 1.19. The Morgan fingerprint density at radius 3 is 2.69 bits per heavy atom. The van der Waals surface area contributed by atoms with Crippen LogP contribution in [0.2, 0.25) is 0 Å². The third kappa shape index (κ3) is 2.78. The van der Waals surface area contributed by atoms with Gasteiger partial charge in [0.2, 0.25) is 0 Å². The van der Waals surface area contributed by atoms with Crippen molar-refractivity contribution < 1.29 is 17.9 Å². The molecule has 1 aliphatic heterocycles. The monoisotopic (exact) mass is 195 g/mol. The highest BCUT2D eigenvalue weighted by molar-refractivity contribution is 4.79. The van der Waals surface area contributed by atoms with Gasteiger partial charge >= 0.3 is 6.18 Å². The minimum atomic E-state index is -4.20. The summed E-state index contributed by atoms with van der Waals surface area (Å²) in [6, 6.07) is 0. The maximum Gasteiger partial charge on any atom is 0.394 e. The summed E-state index contributed by atoms with van der Waals surface area (Å²) in [4.78, 5) is 2.45. The molecule has 2 unspecified atom stereocenters. The van der Waals surface area contributed by atoms with Crippen molar-refractivity contribution in [2.24, 2.45) is 11.0 Å². The van der Waals surface area contributed by atoms with E-state index >= 15 is 0 Å². The zero-order valence-electron chi connectivity index (χ0n) is 6.66. The Morgan fingerprint density at radius 2 is 2.23 bits per heavy atom. The fourth-order valence-corrected chi connectivity index (χ4v) is 1.19.